The molecule has 0 saturated carbocycles. The number of benzene rings is 1. The number of hydrogen-bond donors (Lipinski definition) is 1. The van der Waals surface area contributed by atoms with E-state index in [-0.39, 0.29) is 5.75 Å². The molecule has 0 aliphatic carbocycles. The number of imidazole rings is 1. The highest BCUT2D eigenvalue weighted by Crippen LogP contribution is 2.17. The van der Waals surface area contributed by atoms with Crippen LogP contribution in [0.15, 0.2) is 53.8 Å². The molecule has 0 saturated heterocycles. The molecule has 114 valence electrons. The summed E-state index contributed by atoms with van der Waals surface area (Å²) in [7, 11) is -3.19. The average molecular weight is 316 g/mol. The molecule has 2 heterocycles. The summed E-state index contributed by atoms with van der Waals surface area (Å²) in [5.41, 5.74) is 1.59. The van der Waals surface area contributed by atoms with Crippen molar-refractivity contribution in [2.75, 3.05) is 11.1 Å². The predicted octanol–water partition coefficient (Wildman–Crippen LogP) is 2.13. The maximum Gasteiger partial charge on any atom is 0.233 e. The Morgan fingerprint density at radius 1 is 1.27 bits per heavy atom. The first-order valence-electron chi connectivity index (χ1n) is 6.94. The van der Waals surface area contributed by atoms with Crippen molar-refractivity contribution in [1.82, 2.24) is 14.4 Å². The topological polar surface area (TPSA) is 76.4 Å². The van der Waals surface area contributed by atoms with E-state index in [1.807, 2.05) is 28.9 Å². The molecule has 0 radical (unpaired) electrons. The molecule has 0 aliphatic rings. The van der Waals surface area contributed by atoms with Gasteiger partial charge in [0.25, 0.3) is 0 Å². The summed E-state index contributed by atoms with van der Waals surface area (Å²) in [6, 6.07) is 8.66. The van der Waals surface area contributed by atoms with Crippen LogP contribution in [0.1, 0.15) is 12.6 Å². The Bertz CT molecular complexity index is 870. The van der Waals surface area contributed by atoms with E-state index in [1.165, 1.54) is 0 Å². The standard InChI is InChI=1S/C15H16N4O2S/c1-2-22(20,21)14-6-3-5-12(9-14)17-10-13-11-19-8-4-7-16-15(19)18-13/h3-9,11,17H,2,10H2,1H3. The third-order valence-electron chi connectivity index (χ3n) is 3.33. The summed E-state index contributed by atoms with van der Waals surface area (Å²) in [6.45, 7) is 2.14. The highest BCUT2D eigenvalue weighted by Gasteiger charge is 2.11. The van der Waals surface area contributed by atoms with Crippen molar-refractivity contribution in [2.45, 2.75) is 18.4 Å². The summed E-state index contributed by atoms with van der Waals surface area (Å²) in [5.74, 6) is 0.732. The van der Waals surface area contributed by atoms with Gasteiger partial charge in [-0.1, -0.05) is 13.0 Å². The maximum absolute atomic E-state index is 11.9. The zero-order valence-electron chi connectivity index (χ0n) is 12.1. The van der Waals surface area contributed by atoms with Crippen molar-refractivity contribution < 1.29 is 8.42 Å². The fourth-order valence-electron chi connectivity index (χ4n) is 2.12. The van der Waals surface area contributed by atoms with Gasteiger partial charge in [-0.05, 0) is 24.3 Å². The largest absolute Gasteiger partial charge is 0.379 e. The fraction of sp³-hybridized carbons (Fsp3) is 0.200. The molecule has 0 amide bonds. The Morgan fingerprint density at radius 2 is 2.14 bits per heavy atom. The Hall–Kier alpha value is -2.41. The first kappa shape index (κ1) is 14.5. The van der Waals surface area contributed by atoms with Gasteiger partial charge in [-0.2, -0.15) is 0 Å². The van der Waals surface area contributed by atoms with Crippen LogP contribution in [-0.4, -0.2) is 28.5 Å². The number of rotatable bonds is 5. The van der Waals surface area contributed by atoms with Crippen molar-refractivity contribution in [1.29, 1.82) is 0 Å². The molecule has 0 fully saturated rings. The van der Waals surface area contributed by atoms with Crippen molar-refractivity contribution in [2.24, 2.45) is 0 Å². The smallest absolute Gasteiger partial charge is 0.233 e. The molecule has 7 heteroatoms. The molecule has 1 N–H and O–H groups in total. The first-order chi connectivity index (χ1) is 10.6. The van der Waals surface area contributed by atoms with Gasteiger partial charge in [-0.15, -0.1) is 0 Å². The van der Waals surface area contributed by atoms with Gasteiger partial charge in [0.1, 0.15) is 0 Å². The van der Waals surface area contributed by atoms with Crippen molar-refractivity contribution in [3.63, 3.8) is 0 Å². The van der Waals surface area contributed by atoms with Gasteiger partial charge >= 0.3 is 0 Å². The number of anilines is 1. The zero-order chi connectivity index (χ0) is 15.6. The number of sulfone groups is 1. The fourth-order valence-corrected chi connectivity index (χ4v) is 3.05. The SMILES string of the molecule is CCS(=O)(=O)c1cccc(NCc2cn3cccnc3n2)c1. The van der Waals surface area contributed by atoms with E-state index in [0.29, 0.717) is 17.2 Å². The van der Waals surface area contributed by atoms with Crippen LogP contribution in [0.25, 0.3) is 5.78 Å². The highest BCUT2D eigenvalue weighted by atomic mass is 32.2. The zero-order valence-corrected chi connectivity index (χ0v) is 12.9. The maximum atomic E-state index is 11.9. The minimum absolute atomic E-state index is 0.0918. The molecule has 3 aromatic rings. The van der Waals surface area contributed by atoms with Crippen LogP contribution in [0.5, 0.6) is 0 Å². The number of nitrogens with zero attached hydrogens (tertiary/aromatic N) is 3. The number of hydrogen-bond acceptors (Lipinski definition) is 5. The van der Waals surface area contributed by atoms with Gasteiger partial charge in [0.05, 0.1) is 22.9 Å². The Labute approximate surface area is 128 Å². The summed E-state index contributed by atoms with van der Waals surface area (Å²) >= 11 is 0. The quantitative estimate of drug-likeness (QED) is 0.780. The summed E-state index contributed by atoms with van der Waals surface area (Å²) < 4.78 is 25.6. The van der Waals surface area contributed by atoms with Gasteiger partial charge in [-0.25, -0.2) is 18.4 Å². The molecule has 0 aliphatic heterocycles. The lowest BCUT2D eigenvalue weighted by Gasteiger charge is -2.07. The van der Waals surface area contributed by atoms with E-state index in [9.17, 15) is 8.42 Å². The van der Waals surface area contributed by atoms with Gasteiger partial charge in [0.15, 0.2) is 9.84 Å². The number of aromatic nitrogens is 3. The lowest BCUT2D eigenvalue weighted by molar-refractivity contribution is 0.597. The second-order valence-corrected chi connectivity index (χ2v) is 7.12. The third kappa shape index (κ3) is 2.94. The van der Waals surface area contributed by atoms with E-state index >= 15 is 0 Å². The Kier molecular flexibility index (Phi) is 3.81. The van der Waals surface area contributed by atoms with E-state index in [0.717, 1.165) is 11.4 Å². The second kappa shape index (κ2) is 5.76. The number of nitrogens with one attached hydrogen (secondary N) is 1. The van der Waals surface area contributed by atoms with E-state index in [4.69, 9.17) is 0 Å². The summed E-state index contributed by atoms with van der Waals surface area (Å²) in [5, 5.41) is 3.19. The van der Waals surface area contributed by atoms with Crippen LogP contribution in [0.4, 0.5) is 5.69 Å². The van der Waals surface area contributed by atoms with E-state index < -0.39 is 9.84 Å². The minimum atomic E-state index is -3.19. The molecule has 6 nitrogen and oxygen atoms in total. The van der Waals surface area contributed by atoms with Crippen LogP contribution >= 0.6 is 0 Å². The molecule has 0 unspecified atom stereocenters. The first-order valence-corrected chi connectivity index (χ1v) is 8.59. The minimum Gasteiger partial charge on any atom is -0.379 e. The average Bonchev–Trinajstić information content (AvgIpc) is 2.96. The lowest BCUT2D eigenvalue weighted by Crippen LogP contribution is -2.05. The van der Waals surface area contributed by atoms with Gasteiger partial charge in [0.2, 0.25) is 5.78 Å². The molecule has 0 spiro atoms. The third-order valence-corrected chi connectivity index (χ3v) is 5.06. The Balaban J connectivity index is 1.77. The number of fused-ring (bicyclic) bond motifs is 1. The highest BCUT2D eigenvalue weighted by molar-refractivity contribution is 7.91. The molecule has 0 atom stereocenters. The van der Waals surface area contributed by atoms with Crippen LogP contribution in [0.2, 0.25) is 0 Å². The molecule has 0 bridgehead atoms. The summed E-state index contributed by atoms with van der Waals surface area (Å²) in [4.78, 5) is 8.88. The molecule has 22 heavy (non-hydrogen) atoms. The second-order valence-electron chi connectivity index (χ2n) is 4.84. The van der Waals surface area contributed by atoms with Crippen LogP contribution in [0, 0.1) is 0 Å². The molecule has 1 aromatic carbocycles. The van der Waals surface area contributed by atoms with E-state index in [1.54, 1.807) is 31.3 Å². The van der Waals surface area contributed by atoms with E-state index in [2.05, 4.69) is 15.3 Å². The van der Waals surface area contributed by atoms with Crippen LogP contribution in [0.3, 0.4) is 0 Å². The normalized spacial score (nSPS) is 11.7. The predicted molar refractivity (Wildman–Crippen MR) is 84.5 cm³/mol. The van der Waals surface area contributed by atoms with Gasteiger partial charge in [0, 0.05) is 24.3 Å². The van der Waals surface area contributed by atoms with Crippen molar-refractivity contribution >= 4 is 21.3 Å². The molecular weight excluding hydrogens is 300 g/mol. The molecule has 2 aromatic heterocycles. The monoisotopic (exact) mass is 316 g/mol. The van der Waals surface area contributed by atoms with Crippen LogP contribution in [-0.2, 0) is 16.4 Å². The molecule has 3 rings (SSSR count). The Morgan fingerprint density at radius 3 is 2.91 bits per heavy atom. The van der Waals surface area contributed by atoms with Crippen molar-refractivity contribution in [3.8, 4) is 0 Å². The van der Waals surface area contributed by atoms with Gasteiger partial charge in [-0.3, -0.25) is 4.40 Å². The summed E-state index contributed by atoms with van der Waals surface area (Å²) in [6.07, 6.45) is 5.47. The van der Waals surface area contributed by atoms with Crippen LogP contribution < -0.4 is 5.32 Å². The molecular formula is C15H16N4O2S. The lowest BCUT2D eigenvalue weighted by atomic mass is 10.3. The van der Waals surface area contributed by atoms with Crippen molar-refractivity contribution in [3.05, 3.63) is 54.6 Å². The van der Waals surface area contributed by atoms with Gasteiger partial charge < -0.3 is 5.32 Å².